The van der Waals surface area contributed by atoms with E-state index in [1.165, 1.54) is 0 Å². The number of carbonyl (C=O) groups is 1. The molecule has 4 rings (SSSR count). The van der Waals surface area contributed by atoms with Crippen molar-refractivity contribution < 1.29 is 4.79 Å². The molecule has 0 atom stereocenters. The van der Waals surface area contributed by atoms with Crippen LogP contribution in [-0.4, -0.2) is 15.9 Å². The van der Waals surface area contributed by atoms with E-state index in [1.54, 1.807) is 29.2 Å². The van der Waals surface area contributed by atoms with Crippen molar-refractivity contribution in [1.82, 2.24) is 9.88 Å². The summed E-state index contributed by atoms with van der Waals surface area (Å²) in [6.07, 6.45) is 0. The summed E-state index contributed by atoms with van der Waals surface area (Å²) in [4.78, 5) is 30.8. The summed E-state index contributed by atoms with van der Waals surface area (Å²) in [5, 5.41) is 4.45. The van der Waals surface area contributed by atoms with Gasteiger partial charge >= 0.3 is 6.03 Å². The molecule has 33 heavy (non-hydrogen) atoms. The summed E-state index contributed by atoms with van der Waals surface area (Å²) in [6.45, 7) is 6.57. The molecular weight excluding hydrogens is 434 g/mol. The average Bonchev–Trinajstić information content (AvgIpc) is 2.80. The summed E-state index contributed by atoms with van der Waals surface area (Å²) < 4.78 is 0. The van der Waals surface area contributed by atoms with Crippen LogP contribution in [-0.2, 0) is 13.1 Å². The number of benzene rings is 3. The van der Waals surface area contributed by atoms with E-state index in [1.807, 2.05) is 63.2 Å². The number of aromatic amines is 1. The Labute approximate surface area is 198 Å². The molecule has 0 bridgehead atoms. The normalized spacial score (nSPS) is 10.9. The number of aryl methyl sites for hydroxylation is 3. The van der Waals surface area contributed by atoms with Crippen LogP contribution in [0.25, 0.3) is 10.9 Å². The number of rotatable bonds is 5. The fourth-order valence-corrected chi connectivity index (χ4v) is 3.87. The fourth-order valence-electron chi connectivity index (χ4n) is 3.74. The van der Waals surface area contributed by atoms with Gasteiger partial charge in [0.15, 0.2) is 0 Å². The number of anilines is 1. The molecule has 168 valence electrons. The summed E-state index contributed by atoms with van der Waals surface area (Å²) >= 11 is 5.96. The van der Waals surface area contributed by atoms with Crippen LogP contribution in [0.4, 0.5) is 10.5 Å². The largest absolute Gasteiger partial charge is 0.322 e. The van der Waals surface area contributed by atoms with E-state index in [2.05, 4.69) is 10.3 Å². The molecule has 2 amide bonds. The standard InChI is InChI=1S/C27H26ClN3O2/c1-17-4-7-20(8-5-17)15-31(27(33)29-24-12-10-23(28)11-13-24)16-22-14-21-9-6-18(2)19(3)25(21)30-26(22)32/h4-14H,15-16H2,1-3H3,(H,29,33)(H,30,32). The van der Waals surface area contributed by atoms with Crippen LogP contribution >= 0.6 is 11.6 Å². The summed E-state index contributed by atoms with van der Waals surface area (Å²) in [6, 6.07) is 20.6. The lowest BCUT2D eigenvalue weighted by Crippen LogP contribution is -2.35. The average molecular weight is 460 g/mol. The second kappa shape index (κ2) is 9.51. The van der Waals surface area contributed by atoms with Gasteiger partial charge in [-0.25, -0.2) is 4.79 Å². The second-order valence-corrected chi connectivity index (χ2v) is 8.81. The SMILES string of the molecule is Cc1ccc(CN(Cc2cc3ccc(C)c(C)c3[nH]c2=O)C(=O)Nc2ccc(Cl)cc2)cc1. The molecule has 0 aliphatic rings. The number of pyridine rings is 1. The number of carbonyl (C=O) groups excluding carboxylic acids is 1. The number of hydrogen-bond acceptors (Lipinski definition) is 2. The number of nitrogens with zero attached hydrogens (tertiary/aromatic N) is 1. The third-order valence-corrected chi connectivity index (χ3v) is 6.12. The Kier molecular flexibility index (Phi) is 6.52. The number of fused-ring (bicyclic) bond motifs is 1. The molecule has 1 heterocycles. The molecule has 0 saturated carbocycles. The Morgan fingerprint density at radius 3 is 2.33 bits per heavy atom. The predicted octanol–water partition coefficient (Wildman–Crippen LogP) is 6.34. The maximum absolute atomic E-state index is 13.2. The highest BCUT2D eigenvalue weighted by Gasteiger charge is 2.18. The highest BCUT2D eigenvalue weighted by atomic mass is 35.5. The van der Waals surface area contributed by atoms with Gasteiger partial charge in [0.2, 0.25) is 0 Å². The topological polar surface area (TPSA) is 65.2 Å². The zero-order valence-electron chi connectivity index (χ0n) is 18.9. The molecule has 4 aromatic rings. The molecule has 6 heteroatoms. The lowest BCUT2D eigenvalue weighted by molar-refractivity contribution is 0.206. The Balaban J connectivity index is 1.66. The van der Waals surface area contributed by atoms with Gasteiger partial charge in [0.25, 0.3) is 5.56 Å². The molecule has 0 aliphatic heterocycles. The lowest BCUT2D eigenvalue weighted by Gasteiger charge is -2.23. The molecule has 1 aromatic heterocycles. The maximum atomic E-state index is 13.2. The Bertz CT molecular complexity index is 1360. The Morgan fingerprint density at radius 2 is 1.64 bits per heavy atom. The summed E-state index contributed by atoms with van der Waals surface area (Å²) in [7, 11) is 0. The van der Waals surface area contributed by atoms with E-state index in [0.717, 1.165) is 33.2 Å². The number of nitrogens with one attached hydrogen (secondary N) is 2. The van der Waals surface area contributed by atoms with Crippen molar-refractivity contribution >= 4 is 34.2 Å². The minimum atomic E-state index is -0.294. The van der Waals surface area contributed by atoms with Crippen LogP contribution in [0.3, 0.4) is 0 Å². The van der Waals surface area contributed by atoms with E-state index >= 15 is 0 Å². The van der Waals surface area contributed by atoms with Crippen molar-refractivity contribution in [3.63, 3.8) is 0 Å². The van der Waals surface area contributed by atoms with E-state index in [-0.39, 0.29) is 18.1 Å². The molecule has 0 saturated heterocycles. The first-order valence-electron chi connectivity index (χ1n) is 10.8. The highest BCUT2D eigenvalue weighted by molar-refractivity contribution is 6.30. The van der Waals surface area contributed by atoms with Crippen LogP contribution in [0.1, 0.15) is 27.8 Å². The van der Waals surface area contributed by atoms with Gasteiger partial charge < -0.3 is 15.2 Å². The van der Waals surface area contributed by atoms with Crippen molar-refractivity contribution in [1.29, 1.82) is 0 Å². The third-order valence-electron chi connectivity index (χ3n) is 5.87. The predicted molar refractivity (Wildman–Crippen MR) is 135 cm³/mol. The van der Waals surface area contributed by atoms with Gasteiger partial charge in [0.1, 0.15) is 0 Å². The van der Waals surface area contributed by atoms with E-state index in [4.69, 9.17) is 11.6 Å². The van der Waals surface area contributed by atoms with Gasteiger partial charge in [0, 0.05) is 22.8 Å². The fraction of sp³-hybridized carbons (Fsp3) is 0.185. The maximum Gasteiger partial charge on any atom is 0.322 e. The molecule has 2 N–H and O–H groups in total. The highest BCUT2D eigenvalue weighted by Crippen LogP contribution is 2.20. The van der Waals surface area contributed by atoms with Crippen molar-refractivity contribution in [2.45, 2.75) is 33.9 Å². The van der Waals surface area contributed by atoms with Gasteiger partial charge in [-0.15, -0.1) is 0 Å². The van der Waals surface area contributed by atoms with Crippen LogP contribution in [0.2, 0.25) is 5.02 Å². The van der Waals surface area contributed by atoms with Crippen LogP contribution in [0.5, 0.6) is 0 Å². The van der Waals surface area contributed by atoms with E-state index < -0.39 is 0 Å². The van der Waals surface area contributed by atoms with Crippen molar-refractivity contribution in [2.24, 2.45) is 0 Å². The molecular formula is C27H26ClN3O2. The van der Waals surface area contributed by atoms with Gasteiger partial charge in [-0.05, 0) is 73.2 Å². The lowest BCUT2D eigenvalue weighted by atomic mass is 10.0. The number of halogens is 1. The molecule has 0 aliphatic carbocycles. The quantitative estimate of drug-likeness (QED) is 0.365. The van der Waals surface area contributed by atoms with Gasteiger partial charge in [-0.2, -0.15) is 0 Å². The second-order valence-electron chi connectivity index (χ2n) is 8.37. The molecule has 3 aromatic carbocycles. The summed E-state index contributed by atoms with van der Waals surface area (Å²) in [5.74, 6) is 0. The Morgan fingerprint density at radius 1 is 0.939 bits per heavy atom. The number of amides is 2. The zero-order chi connectivity index (χ0) is 23.5. The first-order valence-corrected chi connectivity index (χ1v) is 11.2. The van der Waals surface area contributed by atoms with Gasteiger partial charge in [0.05, 0.1) is 12.1 Å². The van der Waals surface area contributed by atoms with Crippen molar-refractivity contribution in [2.75, 3.05) is 5.32 Å². The summed E-state index contributed by atoms with van der Waals surface area (Å²) in [5.41, 5.74) is 6.11. The number of hydrogen-bond donors (Lipinski definition) is 2. The molecule has 0 radical (unpaired) electrons. The van der Waals surface area contributed by atoms with Crippen LogP contribution in [0.15, 0.2) is 71.5 Å². The van der Waals surface area contributed by atoms with E-state index in [9.17, 15) is 9.59 Å². The molecule has 0 fully saturated rings. The first kappa shape index (κ1) is 22.6. The molecule has 0 unspecified atom stereocenters. The van der Waals surface area contributed by atoms with Crippen LogP contribution in [0, 0.1) is 20.8 Å². The van der Waals surface area contributed by atoms with Gasteiger partial charge in [-0.1, -0.05) is 53.6 Å². The van der Waals surface area contributed by atoms with Crippen molar-refractivity contribution in [3.8, 4) is 0 Å². The van der Waals surface area contributed by atoms with Crippen LogP contribution < -0.4 is 10.9 Å². The van der Waals surface area contributed by atoms with Crippen molar-refractivity contribution in [3.05, 3.63) is 110 Å². The third kappa shape index (κ3) is 5.26. The first-order chi connectivity index (χ1) is 15.8. The number of urea groups is 1. The van der Waals surface area contributed by atoms with Gasteiger partial charge in [-0.3, -0.25) is 4.79 Å². The number of H-pyrrole nitrogens is 1. The smallest absolute Gasteiger partial charge is 0.321 e. The molecule has 0 spiro atoms. The Hall–Kier alpha value is -3.57. The number of aromatic nitrogens is 1. The van der Waals surface area contributed by atoms with E-state index in [0.29, 0.717) is 22.8 Å². The minimum Gasteiger partial charge on any atom is -0.321 e. The minimum absolute atomic E-state index is 0.172. The monoisotopic (exact) mass is 459 g/mol. The molecule has 5 nitrogen and oxygen atoms in total. The zero-order valence-corrected chi connectivity index (χ0v) is 19.7.